The molecule has 0 saturated heterocycles. The van der Waals surface area contributed by atoms with Gasteiger partial charge in [-0.25, -0.2) is 13.1 Å². The Labute approximate surface area is 132 Å². The van der Waals surface area contributed by atoms with E-state index in [0.29, 0.717) is 8.95 Å². The molecule has 1 N–H and O–H groups in total. The average molecular weight is 439 g/mol. The van der Waals surface area contributed by atoms with E-state index in [1.807, 2.05) is 0 Å². The van der Waals surface area contributed by atoms with Crippen molar-refractivity contribution in [2.24, 2.45) is 0 Å². The summed E-state index contributed by atoms with van der Waals surface area (Å²) in [7, 11) is -3.74. The number of rotatable bonds is 6. The first-order chi connectivity index (χ1) is 9.12. The van der Waals surface area contributed by atoms with Crippen molar-refractivity contribution in [2.45, 2.75) is 30.3 Å². The summed E-state index contributed by atoms with van der Waals surface area (Å²) >= 11 is 6.29. The van der Waals surface area contributed by atoms with Gasteiger partial charge in [-0.2, -0.15) is 13.2 Å². The molecule has 0 heterocycles. The first-order valence-corrected chi connectivity index (χ1v) is 8.70. The number of unbranched alkanes of at least 4 members (excludes halogenated alkanes) is 1. The van der Waals surface area contributed by atoms with Crippen LogP contribution in [0.4, 0.5) is 13.2 Å². The van der Waals surface area contributed by atoms with Crippen molar-refractivity contribution in [3.63, 3.8) is 0 Å². The van der Waals surface area contributed by atoms with Crippen molar-refractivity contribution in [1.29, 1.82) is 0 Å². The maximum Gasteiger partial charge on any atom is 0.389 e. The lowest BCUT2D eigenvalue weighted by molar-refractivity contribution is -0.135. The van der Waals surface area contributed by atoms with Gasteiger partial charge in [0.15, 0.2) is 0 Å². The fourth-order valence-corrected chi connectivity index (χ4v) is 3.99. The van der Waals surface area contributed by atoms with Crippen LogP contribution in [0.2, 0.25) is 0 Å². The largest absolute Gasteiger partial charge is 0.389 e. The average Bonchev–Trinajstić information content (AvgIpc) is 2.30. The van der Waals surface area contributed by atoms with Gasteiger partial charge in [-0.1, -0.05) is 15.9 Å². The van der Waals surface area contributed by atoms with E-state index in [1.54, 1.807) is 12.1 Å². The predicted molar refractivity (Wildman–Crippen MR) is 76.9 cm³/mol. The number of nitrogens with one attached hydrogen (secondary N) is 1. The molecule has 0 aliphatic heterocycles. The molecule has 0 unspecified atom stereocenters. The van der Waals surface area contributed by atoms with Crippen LogP contribution in [0.1, 0.15) is 19.3 Å². The second-order valence-electron chi connectivity index (χ2n) is 4.04. The lowest BCUT2D eigenvalue weighted by Crippen LogP contribution is -2.25. The summed E-state index contributed by atoms with van der Waals surface area (Å²) in [6, 6.07) is 4.66. The van der Waals surface area contributed by atoms with Gasteiger partial charge in [0.1, 0.15) is 0 Å². The molecular weight excluding hydrogens is 427 g/mol. The van der Waals surface area contributed by atoms with Crippen LogP contribution < -0.4 is 4.72 Å². The molecule has 1 aromatic rings. The van der Waals surface area contributed by atoms with Crippen LogP contribution in [0, 0.1) is 0 Å². The molecule has 0 radical (unpaired) electrons. The molecule has 0 amide bonds. The highest BCUT2D eigenvalue weighted by atomic mass is 79.9. The van der Waals surface area contributed by atoms with Crippen molar-refractivity contribution in [2.75, 3.05) is 6.54 Å². The molecule has 1 rings (SSSR count). The second kappa shape index (κ2) is 7.24. The van der Waals surface area contributed by atoms with Crippen LogP contribution in [-0.2, 0) is 10.0 Å². The highest BCUT2D eigenvalue weighted by Gasteiger charge is 2.26. The summed E-state index contributed by atoms with van der Waals surface area (Å²) in [5.41, 5.74) is 0. The van der Waals surface area contributed by atoms with Crippen molar-refractivity contribution in [3.05, 3.63) is 27.1 Å². The first-order valence-electron chi connectivity index (χ1n) is 5.63. The second-order valence-corrected chi connectivity index (χ2v) is 7.55. The Morgan fingerprint density at radius 2 is 1.80 bits per heavy atom. The number of halogens is 5. The lowest BCUT2D eigenvalue weighted by atomic mass is 10.2. The molecule has 0 aromatic heterocycles. The molecule has 0 aliphatic carbocycles. The zero-order chi connectivity index (χ0) is 15.4. The SMILES string of the molecule is O=S(=O)(NCCCCC(F)(F)F)c1cc(Br)ccc1Br. The van der Waals surface area contributed by atoms with Gasteiger partial charge in [-0.05, 0) is 47.0 Å². The van der Waals surface area contributed by atoms with Gasteiger partial charge in [-0.3, -0.25) is 0 Å². The van der Waals surface area contributed by atoms with Gasteiger partial charge in [0.25, 0.3) is 0 Å². The van der Waals surface area contributed by atoms with Gasteiger partial charge in [0.2, 0.25) is 10.0 Å². The molecule has 1 aromatic carbocycles. The molecule has 9 heteroatoms. The van der Waals surface area contributed by atoms with Gasteiger partial charge in [0.05, 0.1) is 4.90 Å². The number of alkyl halides is 3. The number of benzene rings is 1. The third kappa shape index (κ3) is 6.11. The molecule has 0 atom stereocenters. The minimum atomic E-state index is -4.20. The minimum Gasteiger partial charge on any atom is -0.211 e. The van der Waals surface area contributed by atoms with Crippen LogP contribution in [0.5, 0.6) is 0 Å². The Balaban J connectivity index is 2.56. The predicted octanol–water partition coefficient (Wildman–Crippen LogP) is 4.22. The Hall–Kier alpha value is -0.120. The van der Waals surface area contributed by atoms with Gasteiger partial charge in [-0.15, -0.1) is 0 Å². The fraction of sp³-hybridized carbons (Fsp3) is 0.455. The van der Waals surface area contributed by atoms with Crippen molar-refractivity contribution in [1.82, 2.24) is 4.72 Å². The zero-order valence-corrected chi connectivity index (χ0v) is 14.2. The summed E-state index contributed by atoms with van der Waals surface area (Å²) in [5, 5.41) is 0. The molecular formula is C11H12Br2F3NO2S. The van der Waals surface area contributed by atoms with Crippen molar-refractivity contribution >= 4 is 41.9 Å². The number of sulfonamides is 1. The summed E-state index contributed by atoms with van der Waals surface area (Å²) < 4.78 is 63.0. The highest BCUT2D eigenvalue weighted by molar-refractivity contribution is 9.11. The van der Waals surface area contributed by atoms with E-state index in [4.69, 9.17) is 0 Å². The van der Waals surface area contributed by atoms with Crippen LogP contribution in [0.15, 0.2) is 32.0 Å². The molecule has 0 bridgehead atoms. The fourth-order valence-electron chi connectivity index (χ4n) is 1.42. The summed E-state index contributed by atoms with van der Waals surface area (Å²) in [4.78, 5) is 0.0442. The molecule has 0 aliphatic rings. The normalized spacial score (nSPS) is 12.7. The molecule has 20 heavy (non-hydrogen) atoms. The van der Waals surface area contributed by atoms with E-state index < -0.39 is 22.6 Å². The Morgan fingerprint density at radius 1 is 1.15 bits per heavy atom. The molecule has 114 valence electrons. The van der Waals surface area contributed by atoms with E-state index in [-0.39, 0.29) is 24.3 Å². The van der Waals surface area contributed by atoms with E-state index in [1.165, 1.54) is 6.07 Å². The number of hydrogen-bond acceptors (Lipinski definition) is 2. The van der Waals surface area contributed by atoms with E-state index >= 15 is 0 Å². The lowest BCUT2D eigenvalue weighted by Gasteiger charge is -2.09. The summed E-state index contributed by atoms with van der Waals surface area (Å²) in [6.07, 6.45) is -5.09. The van der Waals surface area contributed by atoms with E-state index in [9.17, 15) is 21.6 Å². The topological polar surface area (TPSA) is 46.2 Å². The van der Waals surface area contributed by atoms with Gasteiger partial charge >= 0.3 is 6.18 Å². The van der Waals surface area contributed by atoms with Crippen LogP contribution in [0.3, 0.4) is 0 Å². The summed E-state index contributed by atoms with van der Waals surface area (Å²) in [5.74, 6) is 0. The standard InChI is InChI=1S/C11H12Br2F3NO2S/c12-8-3-4-9(13)10(7-8)20(18,19)17-6-2-1-5-11(14,15)16/h3-4,7,17H,1-2,5-6H2. The molecule has 0 spiro atoms. The Bertz CT molecular complexity index is 561. The first kappa shape index (κ1) is 17.9. The smallest absolute Gasteiger partial charge is 0.211 e. The third-order valence-electron chi connectivity index (χ3n) is 2.36. The molecule has 0 saturated carbocycles. The zero-order valence-electron chi connectivity index (χ0n) is 10.2. The highest BCUT2D eigenvalue weighted by Crippen LogP contribution is 2.26. The van der Waals surface area contributed by atoms with E-state index in [0.717, 1.165) is 0 Å². The maximum atomic E-state index is 12.0. The maximum absolute atomic E-state index is 12.0. The van der Waals surface area contributed by atoms with Gasteiger partial charge in [0, 0.05) is 21.9 Å². The Kier molecular flexibility index (Phi) is 6.49. The minimum absolute atomic E-state index is 0.0304. The monoisotopic (exact) mass is 437 g/mol. The van der Waals surface area contributed by atoms with Crippen molar-refractivity contribution in [3.8, 4) is 0 Å². The van der Waals surface area contributed by atoms with Gasteiger partial charge < -0.3 is 0 Å². The van der Waals surface area contributed by atoms with Crippen LogP contribution >= 0.6 is 31.9 Å². The quantitative estimate of drug-likeness (QED) is 0.675. The summed E-state index contributed by atoms with van der Waals surface area (Å²) in [6.45, 7) is -0.0304. The Morgan fingerprint density at radius 3 is 2.40 bits per heavy atom. The van der Waals surface area contributed by atoms with Crippen LogP contribution in [-0.4, -0.2) is 21.1 Å². The van der Waals surface area contributed by atoms with Crippen LogP contribution in [0.25, 0.3) is 0 Å². The van der Waals surface area contributed by atoms with Crippen molar-refractivity contribution < 1.29 is 21.6 Å². The third-order valence-corrected chi connectivity index (χ3v) is 5.31. The molecule has 3 nitrogen and oxygen atoms in total. The van der Waals surface area contributed by atoms with E-state index in [2.05, 4.69) is 36.6 Å². The number of hydrogen-bond donors (Lipinski definition) is 1. The molecule has 0 fully saturated rings.